The van der Waals surface area contributed by atoms with Crippen LogP contribution in [-0.2, 0) is 0 Å². The first kappa shape index (κ1) is 20.4. The molecule has 1 heterocycles. The molecular formula is C28H22BrN3. The van der Waals surface area contributed by atoms with Crippen LogP contribution in [0.3, 0.4) is 0 Å². The molecule has 0 saturated heterocycles. The van der Waals surface area contributed by atoms with Gasteiger partial charge in [0.1, 0.15) is 0 Å². The van der Waals surface area contributed by atoms with Crippen molar-refractivity contribution < 1.29 is 0 Å². The Labute approximate surface area is 196 Å². The molecule has 0 unspecified atom stereocenters. The molecule has 0 aromatic heterocycles. The van der Waals surface area contributed by atoms with Crippen molar-refractivity contribution >= 4 is 39.2 Å². The summed E-state index contributed by atoms with van der Waals surface area (Å²) in [5, 5.41) is 7.18. The van der Waals surface area contributed by atoms with Crippen LogP contribution in [0.4, 0.5) is 11.4 Å². The number of aliphatic imine (C=N–C) groups is 1. The molecule has 1 atom stereocenters. The van der Waals surface area contributed by atoms with Crippen molar-refractivity contribution in [3.63, 3.8) is 0 Å². The topological polar surface area (TPSA) is 28.0 Å². The second-order valence-electron chi connectivity index (χ2n) is 7.71. The highest BCUT2D eigenvalue weighted by molar-refractivity contribution is 9.10. The maximum Gasteiger partial charge on any atom is 0.0831 e. The summed E-state index contributed by atoms with van der Waals surface area (Å²) in [5.41, 5.74) is 6.61. The SMILES string of the molecule is Brc1ccc(N=Cc2ccc(N3N=C(c4ccccc4)C[C@@H]3c3ccccc3)cc2)cc1. The van der Waals surface area contributed by atoms with Crippen LogP contribution in [0.15, 0.2) is 124 Å². The van der Waals surface area contributed by atoms with Gasteiger partial charge in [-0.1, -0.05) is 88.7 Å². The van der Waals surface area contributed by atoms with Gasteiger partial charge in [0.2, 0.25) is 0 Å². The van der Waals surface area contributed by atoms with Crippen molar-refractivity contribution in [3.8, 4) is 0 Å². The number of anilines is 1. The number of nitrogens with zero attached hydrogens (tertiary/aromatic N) is 3. The van der Waals surface area contributed by atoms with E-state index in [1.807, 2.05) is 36.5 Å². The quantitative estimate of drug-likeness (QED) is 0.271. The van der Waals surface area contributed by atoms with E-state index in [0.717, 1.165) is 33.5 Å². The molecule has 0 radical (unpaired) electrons. The van der Waals surface area contributed by atoms with Crippen LogP contribution in [0.25, 0.3) is 0 Å². The summed E-state index contributed by atoms with van der Waals surface area (Å²) in [5.74, 6) is 0. The highest BCUT2D eigenvalue weighted by Crippen LogP contribution is 2.36. The Balaban J connectivity index is 1.42. The molecule has 0 bridgehead atoms. The summed E-state index contributed by atoms with van der Waals surface area (Å²) < 4.78 is 1.05. The van der Waals surface area contributed by atoms with Gasteiger partial charge in [0.25, 0.3) is 0 Å². The number of hydrogen-bond acceptors (Lipinski definition) is 3. The fourth-order valence-corrected chi connectivity index (χ4v) is 4.14. The van der Waals surface area contributed by atoms with Crippen LogP contribution in [0, 0.1) is 0 Å². The van der Waals surface area contributed by atoms with E-state index in [0.29, 0.717) is 0 Å². The predicted molar refractivity (Wildman–Crippen MR) is 137 cm³/mol. The van der Waals surface area contributed by atoms with Gasteiger partial charge in [-0.3, -0.25) is 10.0 Å². The molecule has 0 fully saturated rings. The van der Waals surface area contributed by atoms with E-state index in [1.165, 1.54) is 11.1 Å². The summed E-state index contributed by atoms with van der Waals surface area (Å²) in [7, 11) is 0. The van der Waals surface area contributed by atoms with E-state index in [1.54, 1.807) is 0 Å². The number of hydrogen-bond donors (Lipinski definition) is 0. The van der Waals surface area contributed by atoms with Crippen molar-refractivity contribution in [3.05, 3.63) is 130 Å². The van der Waals surface area contributed by atoms with Crippen LogP contribution < -0.4 is 5.01 Å². The van der Waals surface area contributed by atoms with Gasteiger partial charge in [-0.05, 0) is 53.1 Å². The van der Waals surface area contributed by atoms with E-state index in [9.17, 15) is 0 Å². The van der Waals surface area contributed by atoms with Gasteiger partial charge in [0, 0.05) is 17.1 Å². The molecule has 0 saturated carbocycles. The monoisotopic (exact) mass is 479 g/mol. The minimum absolute atomic E-state index is 0.175. The highest BCUT2D eigenvalue weighted by atomic mass is 79.9. The number of rotatable bonds is 5. The lowest BCUT2D eigenvalue weighted by Crippen LogP contribution is -2.18. The molecule has 1 aliphatic heterocycles. The minimum Gasteiger partial charge on any atom is -0.257 e. The minimum atomic E-state index is 0.175. The summed E-state index contributed by atoms with van der Waals surface area (Å²) in [6.45, 7) is 0. The molecule has 3 nitrogen and oxygen atoms in total. The third-order valence-electron chi connectivity index (χ3n) is 5.55. The van der Waals surface area contributed by atoms with Gasteiger partial charge in [0.05, 0.1) is 23.1 Å². The molecule has 4 aromatic carbocycles. The zero-order chi connectivity index (χ0) is 21.8. The average molecular weight is 480 g/mol. The Morgan fingerprint density at radius 2 is 1.44 bits per heavy atom. The van der Waals surface area contributed by atoms with E-state index < -0.39 is 0 Å². The standard InChI is InChI=1S/C28H22BrN3/c29-24-13-15-25(16-14-24)30-20-21-11-17-26(18-12-21)32-28(23-9-5-2-6-10-23)19-27(31-32)22-7-3-1-4-8-22/h1-18,20,28H,19H2/t28-/m1/s1. The first-order chi connectivity index (χ1) is 15.8. The molecule has 0 N–H and O–H groups in total. The van der Waals surface area contributed by atoms with E-state index in [2.05, 4.69) is 105 Å². The smallest absolute Gasteiger partial charge is 0.0831 e. The number of benzene rings is 4. The molecule has 5 rings (SSSR count). The van der Waals surface area contributed by atoms with E-state index in [-0.39, 0.29) is 6.04 Å². The molecule has 1 aliphatic rings. The van der Waals surface area contributed by atoms with Crippen LogP contribution >= 0.6 is 15.9 Å². The third kappa shape index (κ3) is 4.56. The second kappa shape index (κ2) is 9.33. The van der Waals surface area contributed by atoms with E-state index >= 15 is 0 Å². The summed E-state index contributed by atoms with van der Waals surface area (Å²) in [4.78, 5) is 4.57. The lowest BCUT2D eigenvalue weighted by Gasteiger charge is -2.24. The van der Waals surface area contributed by atoms with Gasteiger partial charge in [-0.25, -0.2) is 0 Å². The van der Waals surface area contributed by atoms with E-state index in [4.69, 9.17) is 5.10 Å². The molecule has 4 heteroatoms. The molecule has 32 heavy (non-hydrogen) atoms. The van der Waals surface area contributed by atoms with Gasteiger partial charge in [0.15, 0.2) is 0 Å². The lowest BCUT2D eigenvalue weighted by atomic mass is 9.98. The largest absolute Gasteiger partial charge is 0.257 e. The lowest BCUT2D eigenvalue weighted by molar-refractivity contribution is 0.709. The van der Waals surface area contributed by atoms with Gasteiger partial charge < -0.3 is 0 Å². The van der Waals surface area contributed by atoms with Crippen molar-refractivity contribution in [2.45, 2.75) is 12.5 Å². The average Bonchev–Trinajstić information content (AvgIpc) is 3.31. The summed E-state index contributed by atoms with van der Waals surface area (Å²) in [6, 6.07) is 37.6. The third-order valence-corrected chi connectivity index (χ3v) is 6.08. The molecule has 0 aliphatic carbocycles. The zero-order valence-electron chi connectivity index (χ0n) is 17.5. The van der Waals surface area contributed by atoms with Crippen LogP contribution in [0.1, 0.15) is 29.2 Å². The Kier molecular flexibility index (Phi) is 5.95. The first-order valence-corrected chi connectivity index (χ1v) is 11.4. The molecular weight excluding hydrogens is 458 g/mol. The maximum atomic E-state index is 5.03. The predicted octanol–water partition coefficient (Wildman–Crippen LogP) is 7.56. The van der Waals surface area contributed by atoms with Crippen molar-refractivity contribution in [1.82, 2.24) is 0 Å². The van der Waals surface area contributed by atoms with Crippen molar-refractivity contribution in [1.29, 1.82) is 0 Å². The number of hydrazone groups is 1. The first-order valence-electron chi connectivity index (χ1n) is 10.6. The number of halogens is 1. The fraction of sp³-hybridized carbons (Fsp3) is 0.0714. The summed E-state index contributed by atoms with van der Waals surface area (Å²) >= 11 is 3.46. The van der Waals surface area contributed by atoms with Gasteiger partial charge >= 0.3 is 0 Å². The van der Waals surface area contributed by atoms with Crippen LogP contribution in [0.5, 0.6) is 0 Å². The Morgan fingerprint density at radius 3 is 2.12 bits per heavy atom. The molecule has 0 amide bonds. The fourth-order valence-electron chi connectivity index (χ4n) is 3.88. The molecule has 156 valence electrons. The van der Waals surface area contributed by atoms with Crippen molar-refractivity contribution in [2.24, 2.45) is 10.1 Å². The Bertz CT molecular complexity index is 1230. The highest BCUT2D eigenvalue weighted by Gasteiger charge is 2.29. The second-order valence-corrected chi connectivity index (χ2v) is 8.63. The van der Waals surface area contributed by atoms with Crippen LogP contribution in [0.2, 0.25) is 0 Å². The Morgan fingerprint density at radius 1 is 0.781 bits per heavy atom. The molecule has 0 spiro atoms. The zero-order valence-corrected chi connectivity index (χ0v) is 19.1. The van der Waals surface area contributed by atoms with Gasteiger partial charge in [-0.2, -0.15) is 5.10 Å². The maximum absolute atomic E-state index is 5.03. The normalized spacial score (nSPS) is 15.8. The van der Waals surface area contributed by atoms with Crippen molar-refractivity contribution in [2.75, 3.05) is 5.01 Å². The Hall–Kier alpha value is -3.50. The van der Waals surface area contributed by atoms with Crippen LogP contribution in [-0.4, -0.2) is 11.9 Å². The summed E-state index contributed by atoms with van der Waals surface area (Å²) in [6.07, 6.45) is 2.77. The van der Waals surface area contributed by atoms with Gasteiger partial charge in [-0.15, -0.1) is 0 Å². The molecule has 4 aromatic rings.